The molecule has 39 heavy (non-hydrogen) atoms. The molecule has 0 saturated carbocycles. The molecular formula is C29H25BrN2O6S. The minimum Gasteiger partial charge on any atom is -0.493 e. The van der Waals surface area contributed by atoms with Crippen LogP contribution in [0.5, 0.6) is 11.5 Å². The van der Waals surface area contributed by atoms with Gasteiger partial charge in [-0.3, -0.25) is 9.36 Å². The highest BCUT2D eigenvalue weighted by Crippen LogP contribution is 2.36. The number of hydrogen-bond acceptors (Lipinski definition) is 8. The van der Waals surface area contributed by atoms with Gasteiger partial charge in [-0.1, -0.05) is 45.5 Å². The van der Waals surface area contributed by atoms with Crippen molar-refractivity contribution in [3.8, 4) is 22.8 Å². The van der Waals surface area contributed by atoms with E-state index < -0.39 is 12.0 Å². The van der Waals surface area contributed by atoms with Gasteiger partial charge in [-0.25, -0.2) is 9.79 Å². The maximum Gasteiger partial charge on any atom is 0.338 e. The Kier molecular flexibility index (Phi) is 7.58. The van der Waals surface area contributed by atoms with Gasteiger partial charge in [-0.05, 0) is 55.8 Å². The molecule has 1 aliphatic heterocycles. The summed E-state index contributed by atoms with van der Waals surface area (Å²) in [6.45, 7) is 3.67. The number of esters is 1. The molecule has 1 aliphatic rings. The molecule has 4 aromatic rings. The van der Waals surface area contributed by atoms with Crippen LogP contribution in [0.25, 0.3) is 17.4 Å². The number of aromatic nitrogens is 1. The third-order valence-corrected chi connectivity index (χ3v) is 7.78. The van der Waals surface area contributed by atoms with Crippen molar-refractivity contribution in [1.82, 2.24) is 4.57 Å². The summed E-state index contributed by atoms with van der Waals surface area (Å²) in [5.74, 6) is 1.70. The highest BCUT2D eigenvalue weighted by molar-refractivity contribution is 9.10. The summed E-state index contributed by atoms with van der Waals surface area (Å²) in [5, 5.41) is 0. The first-order chi connectivity index (χ1) is 18.8. The largest absolute Gasteiger partial charge is 0.493 e. The predicted octanol–water partition coefficient (Wildman–Crippen LogP) is 4.84. The van der Waals surface area contributed by atoms with Gasteiger partial charge in [0.05, 0.1) is 42.7 Å². The second-order valence-electron chi connectivity index (χ2n) is 8.63. The summed E-state index contributed by atoms with van der Waals surface area (Å²) in [5.41, 5.74) is 2.06. The Balaban J connectivity index is 1.65. The lowest BCUT2D eigenvalue weighted by Gasteiger charge is -2.25. The standard InChI is InChI=1S/C29H25BrN2O6S/c1-5-37-28(34)25-16(2)31-29-32(26(25)18-8-12-22(35-3)23(14-18)36-4)27(33)24(39-29)15-20-11-13-21(38-20)17-6-9-19(30)10-7-17/h6-15,26H,5H2,1-4H3/b24-15-/t26-/m1/s1. The monoisotopic (exact) mass is 608 g/mol. The number of carbonyl (C=O) groups excluding carboxylic acids is 1. The first-order valence-corrected chi connectivity index (χ1v) is 13.7. The summed E-state index contributed by atoms with van der Waals surface area (Å²) in [4.78, 5) is 32.0. The summed E-state index contributed by atoms with van der Waals surface area (Å²) >= 11 is 4.67. The fraction of sp³-hybridized carbons (Fsp3) is 0.207. The number of thiazole rings is 1. The van der Waals surface area contributed by atoms with Gasteiger partial charge in [0, 0.05) is 16.1 Å². The molecule has 0 N–H and O–H groups in total. The molecule has 0 fully saturated rings. The molecule has 0 aliphatic carbocycles. The number of furan rings is 1. The van der Waals surface area contributed by atoms with Gasteiger partial charge in [-0.2, -0.15) is 0 Å². The van der Waals surface area contributed by atoms with Gasteiger partial charge >= 0.3 is 5.97 Å². The van der Waals surface area contributed by atoms with E-state index in [0.29, 0.717) is 49.2 Å². The van der Waals surface area contributed by atoms with Crippen LogP contribution < -0.4 is 24.4 Å². The van der Waals surface area contributed by atoms with Gasteiger partial charge in [0.2, 0.25) is 0 Å². The Morgan fingerprint density at radius 1 is 1.10 bits per heavy atom. The number of ether oxygens (including phenoxy) is 3. The lowest BCUT2D eigenvalue weighted by atomic mass is 9.95. The third-order valence-electron chi connectivity index (χ3n) is 6.27. The van der Waals surface area contributed by atoms with Crippen molar-refractivity contribution < 1.29 is 23.4 Å². The number of hydrogen-bond donors (Lipinski definition) is 0. The highest BCUT2D eigenvalue weighted by Gasteiger charge is 2.34. The van der Waals surface area contributed by atoms with Crippen molar-refractivity contribution in [1.29, 1.82) is 0 Å². The van der Waals surface area contributed by atoms with Crippen LogP contribution in [-0.2, 0) is 9.53 Å². The first kappa shape index (κ1) is 26.7. The number of rotatable bonds is 7. The molecular weight excluding hydrogens is 584 g/mol. The lowest BCUT2D eigenvalue weighted by Crippen LogP contribution is -2.39. The van der Waals surface area contributed by atoms with Crippen LogP contribution in [-0.4, -0.2) is 31.4 Å². The molecule has 0 bridgehead atoms. The van der Waals surface area contributed by atoms with Crippen LogP contribution in [0.15, 0.2) is 84.5 Å². The van der Waals surface area contributed by atoms with Gasteiger partial charge in [0.1, 0.15) is 11.5 Å². The summed E-state index contributed by atoms with van der Waals surface area (Å²) in [7, 11) is 3.08. The van der Waals surface area contributed by atoms with Gasteiger partial charge in [-0.15, -0.1) is 0 Å². The number of halogens is 1. The van der Waals surface area contributed by atoms with E-state index in [2.05, 4.69) is 20.9 Å². The molecule has 0 radical (unpaired) electrons. The average Bonchev–Trinajstić information content (AvgIpc) is 3.52. The molecule has 200 valence electrons. The van der Waals surface area contributed by atoms with E-state index in [1.54, 1.807) is 45.2 Å². The van der Waals surface area contributed by atoms with Crippen LogP contribution in [0, 0.1) is 0 Å². The van der Waals surface area contributed by atoms with Crippen molar-refractivity contribution in [2.75, 3.05) is 20.8 Å². The van der Waals surface area contributed by atoms with Gasteiger partial charge in [0.25, 0.3) is 5.56 Å². The normalized spacial score (nSPS) is 15.1. The van der Waals surface area contributed by atoms with Crippen LogP contribution >= 0.6 is 27.3 Å². The number of carbonyl (C=O) groups is 1. The quantitative estimate of drug-likeness (QED) is 0.279. The molecule has 8 nitrogen and oxygen atoms in total. The second-order valence-corrected chi connectivity index (χ2v) is 10.6. The Hall–Kier alpha value is -3.89. The SMILES string of the molecule is CCOC(=O)C1=C(C)N=c2s/c(=C\c3ccc(-c4ccc(Br)cc4)o3)c(=O)n2[C@@H]1c1ccc(OC)c(OC)c1. The van der Waals surface area contributed by atoms with Crippen LogP contribution in [0.2, 0.25) is 0 Å². The molecule has 0 unspecified atom stereocenters. The number of fused-ring (bicyclic) bond motifs is 1. The van der Waals surface area contributed by atoms with E-state index in [0.717, 1.165) is 10.0 Å². The minimum absolute atomic E-state index is 0.192. The molecule has 2 aromatic carbocycles. The molecule has 2 aromatic heterocycles. The van der Waals surface area contributed by atoms with E-state index in [1.807, 2.05) is 36.4 Å². The third kappa shape index (κ3) is 5.09. The first-order valence-electron chi connectivity index (χ1n) is 12.1. The minimum atomic E-state index is -0.766. The molecule has 1 atom stereocenters. The molecule has 0 spiro atoms. The fourth-order valence-corrected chi connectivity index (χ4v) is 5.75. The summed E-state index contributed by atoms with van der Waals surface area (Å²) in [6, 6.07) is 16.0. The summed E-state index contributed by atoms with van der Waals surface area (Å²) in [6.07, 6.45) is 1.70. The van der Waals surface area contributed by atoms with E-state index in [9.17, 15) is 9.59 Å². The van der Waals surface area contributed by atoms with Crippen LogP contribution in [0.1, 0.15) is 31.2 Å². The zero-order valence-electron chi connectivity index (χ0n) is 21.7. The zero-order chi connectivity index (χ0) is 27.7. The highest BCUT2D eigenvalue weighted by atomic mass is 79.9. The molecule has 10 heteroatoms. The van der Waals surface area contributed by atoms with Gasteiger partial charge in [0.15, 0.2) is 16.3 Å². The van der Waals surface area contributed by atoms with Crippen molar-refractivity contribution in [2.45, 2.75) is 19.9 Å². The Labute approximate surface area is 236 Å². The number of allylic oxidation sites excluding steroid dienone is 1. The molecule has 0 amide bonds. The smallest absolute Gasteiger partial charge is 0.338 e. The Bertz CT molecular complexity index is 1760. The van der Waals surface area contributed by atoms with E-state index >= 15 is 0 Å². The summed E-state index contributed by atoms with van der Waals surface area (Å²) < 4.78 is 25.2. The van der Waals surface area contributed by atoms with Crippen molar-refractivity contribution in [3.05, 3.63) is 101 Å². The number of benzene rings is 2. The Morgan fingerprint density at radius 3 is 2.54 bits per heavy atom. The topological polar surface area (TPSA) is 92.3 Å². The zero-order valence-corrected chi connectivity index (χ0v) is 24.1. The average molecular weight is 609 g/mol. The molecule has 3 heterocycles. The predicted molar refractivity (Wildman–Crippen MR) is 152 cm³/mol. The van der Waals surface area contributed by atoms with Crippen LogP contribution in [0.4, 0.5) is 0 Å². The van der Waals surface area contributed by atoms with Gasteiger partial charge < -0.3 is 18.6 Å². The lowest BCUT2D eigenvalue weighted by molar-refractivity contribution is -0.139. The second kappa shape index (κ2) is 11.1. The van der Waals surface area contributed by atoms with Crippen molar-refractivity contribution in [2.24, 2.45) is 4.99 Å². The molecule has 0 saturated heterocycles. The van der Waals surface area contributed by atoms with E-state index in [-0.39, 0.29) is 12.2 Å². The maximum absolute atomic E-state index is 13.8. The van der Waals surface area contributed by atoms with Crippen molar-refractivity contribution in [3.63, 3.8) is 0 Å². The molecule has 5 rings (SSSR count). The van der Waals surface area contributed by atoms with Crippen molar-refractivity contribution >= 4 is 39.3 Å². The van der Waals surface area contributed by atoms with Crippen LogP contribution in [0.3, 0.4) is 0 Å². The maximum atomic E-state index is 13.8. The van der Waals surface area contributed by atoms with E-state index in [1.165, 1.54) is 23.0 Å². The Morgan fingerprint density at radius 2 is 1.85 bits per heavy atom. The number of nitrogens with zero attached hydrogens (tertiary/aromatic N) is 2. The number of methoxy groups -OCH3 is 2. The fourth-order valence-electron chi connectivity index (χ4n) is 4.46. The van der Waals surface area contributed by atoms with E-state index in [4.69, 9.17) is 18.6 Å².